The van der Waals surface area contributed by atoms with Gasteiger partial charge in [0.25, 0.3) is 5.91 Å². The predicted octanol–water partition coefficient (Wildman–Crippen LogP) is 5.93. The number of sulfonamides is 1. The van der Waals surface area contributed by atoms with Gasteiger partial charge in [-0.2, -0.15) is 0 Å². The van der Waals surface area contributed by atoms with Crippen LogP contribution in [0.5, 0.6) is 5.75 Å². The Morgan fingerprint density at radius 1 is 1.08 bits per heavy atom. The van der Waals surface area contributed by atoms with Gasteiger partial charge in [0.05, 0.1) is 36.9 Å². The molecule has 11 heteroatoms. The van der Waals surface area contributed by atoms with Crippen LogP contribution in [0.25, 0.3) is 0 Å². The van der Waals surface area contributed by atoms with E-state index in [0.29, 0.717) is 50.4 Å². The minimum absolute atomic E-state index is 0.117. The Morgan fingerprint density at radius 3 is 2.69 bits per heavy atom. The number of nitrogens with zero attached hydrogens (tertiary/aromatic N) is 1. The minimum Gasteiger partial charge on any atom is -0.490 e. The molecule has 0 aromatic heterocycles. The van der Waals surface area contributed by atoms with Gasteiger partial charge in [0.1, 0.15) is 5.75 Å². The number of fused-ring (bicyclic) bond motifs is 4. The number of benzene rings is 2. The highest BCUT2D eigenvalue weighted by atomic mass is 35.5. The quantitative estimate of drug-likeness (QED) is 0.280. The van der Waals surface area contributed by atoms with Crippen LogP contribution in [0.2, 0.25) is 5.02 Å². The van der Waals surface area contributed by atoms with Crippen molar-refractivity contribution in [1.82, 2.24) is 4.72 Å². The summed E-state index contributed by atoms with van der Waals surface area (Å²) < 4.78 is 53.6. The molecule has 6 atom stereocenters. The van der Waals surface area contributed by atoms with Gasteiger partial charge in [-0.15, -0.1) is 0 Å². The average Bonchev–Trinajstić information content (AvgIpc) is 3.19. The van der Waals surface area contributed by atoms with E-state index in [4.69, 9.17) is 30.5 Å². The number of halogens is 1. The maximum absolute atomic E-state index is 13.8. The van der Waals surface area contributed by atoms with Crippen LogP contribution in [0, 0.1) is 17.8 Å². The highest BCUT2D eigenvalue weighted by molar-refractivity contribution is 7.90. The Bertz CT molecular complexity index is 1600. The lowest BCUT2D eigenvalue weighted by Gasteiger charge is -2.46. The average molecular weight is 701 g/mol. The Hall–Kier alpha value is -2.63. The van der Waals surface area contributed by atoms with Crippen LogP contribution in [0.4, 0.5) is 5.69 Å². The van der Waals surface area contributed by atoms with Crippen molar-refractivity contribution in [2.24, 2.45) is 17.8 Å². The van der Waals surface area contributed by atoms with Crippen LogP contribution in [-0.4, -0.2) is 79.4 Å². The van der Waals surface area contributed by atoms with Crippen LogP contribution >= 0.6 is 11.6 Å². The summed E-state index contributed by atoms with van der Waals surface area (Å²) in [5, 5.41) is -0.0772. The normalized spacial score (nSPS) is 30.6. The highest BCUT2D eigenvalue weighted by Crippen LogP contribution is 2.47. The lowest BCUT2D eigenvalue weighted by Crippen LogP contribution is -2.49. The molecule has 2 aliphatic carbocycles. The molecule has 9 nitrogen and oxygen atoms in total. The van der Waals surface area contributed by atoms with E-state index in [0.717, 1.165) is 49.4 Å². The van der Waals surface area contributed by atoms with Gasteiger partial charge >= 0.3 is 0 Å². The van der Waals surface area contributed by atoms with E-state index in [1.165, 1.54) is 11.1 Å². The Balaban J connectivity index is 1.41. The van der Waals surface area contributed by atoms with Crippen LogP contribution in [-0.2, 0) is 36.1 Å². The number of ether oxygens (including phenoxy) is 4. The fourth-order valence-electron chi connectivity index (χ4n) is 8.20. The molecule has 2 aromatic rings. The molecule has 2 aliphatic heterocycles. The standard InChI is InChI=1S/C37H49ClN2O7S/c1-25-6-4-8-33(46-19-18-45-3)30-12-9-28(30)22-40-23-37(16-5-7-26-20-29(38)11-13-31(26)37)24-47-34-14-10-27(21-32(34)40)36(41)39-48(42,43)35(25)15-17-44-2/h4,8,10-11,13-14,20-21,25,28,30,33,35H,5-7,9,12,15-19,22-24H2,1-3H3,(H,39,41)/b8-4-/t25-,28-,30+,33-,35-,37-/m0/s1. The second-order valence-corrected chi connectivity index (χ2v) is 16.4. The summed E-state index contributed by atoms with van der Waals surface area (Å²) in [6.45, 7) is 5.14. The summed E-state index contributed by atoms with van der Waals surface area (Å²) in [4.78, 5) is 16.1. The van der Waals surface area contributed by atoms with Crippen molar-refractivity contribution in [1.29, 1.82) is 0 Å². The molecule has 4 aliphatic rings. The SMILES string of the molecule is COCCO[C@H]1/C=C\C[C@H](C)[C@H](CCOC)S(=O)(=O)NC(=O)c2ccc3c(c2)N(C[C@@H]2CC[C@H]21)C[C@@]1(CCCc2cc(Cl)ccc21)CO3. The molecule has 0 unspecified atom stereocenters. The Kier molecular flexibility index (Phi) is 11.1. The number of rotatable bonds is 7. The van der Waals surface area contributed by atoms with Gasteiger partial charge in [0, 0.05) is 49.9 Å². The van der Waals surface area contributed by atoms with Crippen molar-refractivity contribution in [2.45, 2.75) is 68.6 Å². The number of hydrogen-bond donors (Lipinski definition) is 1. The maximum Gasteiger partial charge on any atom is 0.264 e. The largest absolute Gasteiger partial charge is 0.490 e. The van der Waals surface area contributed by atoms with Crippen molar-refractivity contribution < 1.29 is 32.2 Å². The number of allylic oxidation sites excluding steroid dienone is 1. The molecule has 1 N–H and O–H groups in total. The maximum atomic E-state index is 13.8. The van der Waals surface area contributed by atoms with Crippen molar-refractivity contribution >= 4 is 33.2 Å². The smallest absolute Gasteiger partial charge is 0.264 e. The zero-order valence-electron chi connectivity index (χ0n) is 28.3. The fourth-order valence-corrected chi connectivity index (χ4v) is 10.1. The third-order valence-corrected chi connectivity index (χ3v) is 13.2. The van der Waals surface area contributed by atoms with Crippen molar-refractivity contribution in [2.75, 3.05) is 58.6 Å². The first-order chi connectivity index (χ1) is 23.1. The predicted molar refractivity (Wildman–Crippen MR) is 188 cm³/mol. The van der Waals surface area contributed by atoms with Crippen molar-refractivity contribution in [3.63, 3.8) is 0 Å². The number of carbonyl (C=O) groups excluding carboxylic acids is 1. The summed E-state index contributed by atoms with van der Waals surface area (Å²) in [5.41, 5.74) is 3.37. The number of anilines is 1. The molecule has 0 radical (unpaired) electrons. The zero-order valence-corrected chi connectivity index (χ0v) is 29.9. The minimum atomic E-state index is -4.03. The van der Waals surface area contributed by atoms with E-state index < -0.39 is 21.2 Å². The van der Waals surface area contributed by atoms with E-state index >= 15 is 0 Å². The molecule has 6 rings (SSSR count). The van der Waals surface area contributed by atoms with Crippen molar-refractivity contribution in [3.8, 4) is 5.75 Å². The first-order valence-corrected chi connectivity index (χ1v) is 19.2. The molecule has 2 aromatic carbocycles. The van der Waals surface area contributed by atoms with E-state index in [-0.39, 0.29) is 36.0 Å². The summed E-state index contributed by atoms with van der Waals surface area (Å²) in [6.07, 6.45) is 9.94. The van der Waals surface area contributed by atoms with Crippen LogP contribution < -0.4 is 14.4 Å². The van der Waals surface area contributed by atoms with Gasteiger partial charge in [0.2, 0.25) is 10.0 Å². The van der Waals surface area contributed by atoms with Gasteiger partial charge in [0.15, 0.2) is 0 Å². The van der Waals surface area contributed by atoms with E-state index in [2.05, 4.69) is 33.9 Å². The van der Waals surface area contributed by atoms with Crippen LogP contribution in [0.3, 0.4) is 0 Å². The van der Waals surface area contributed by atoms with Crippen LogP contribution in [0.1, 0.15) is 66.9 Å². The molecular formula is C37H49ClN2O7S. The number of methoxy groups -OCH3 is 2. The summed E-state index contributed by atoms with van der Waals surface area (Å²) in [5.74, 6) is 0.452. The number of nitrogens with one attached hydrogen (secondary N) is 1. The second kappa shape index (κ2) is 15.1. The molecule has 2 bridgehead atoms. The fraction of sp³-hybridized carbons (Fsp3) is 0.595. The molecule has 2 heterocycles. The molecular weight excluding hydrogens is 652 g/mol. The zero-order chi connectivity index (χ0) is 33.9. The third kappa shape index (κ3) is 7.43. The van der Waals surface area contributed by atoms with Gasteiger partial charge in [-0.3, -0.25) is 4.79 Å². The van der Waals surface area contributed by atoms with Gasteiger partial charge in [-0.05, 0) is 104 Å². The number of aryl methyl sites for hydroxylation is 1. The topological polar surface area (TPSA) is 103 Å². The van der Waals surface area contributed by atoms with Gasteiger partial charge in [-0.1, -0.05) is 36.7 Å². The molecule has 1 saturated carbocycles. The lowest BCUT2D eigenvalue weighted by atomic mass is 9.68. The van der Waals surface area contributed by atoms with E-state index in [1.807, 2.05) is 25.1 Å². The third-order valence-electron chi connectivity index (χ3n) is 11.0. The lowest BCUT2D eigenvalue weighted by molar-refractivity contribution is -0.0309. The monoisotopic (exact) mass is 700 g/mol. The molecule has 0 saturated heterocycles. The van der Waals surface area contributed by atoms with E-state index in [1.54, 1.807) is 20.3 Å². The Labute approximate surface area is 290 Å². The molecule has 1 amide bonds. The first-order valence-electron chi connectivity index (χ1n) is 17.3. The van der Waals surface area contributed by atoms with Crippen LogP contribution in [0.15, 0.2) is 48.6 Å². The number of amides is 1. The molecule has 1 spiro atoms. The highest BCUT2D eigenvalue weighted by Gasteiger charge is 2.44. The van der Waals surface area contributed by atoms with Gasteiger partial charge < -0.3 is 23.8 Å². The van der Waals surface area contributed by atoms with E-state index in [9.17, 15) is 13.2 Å². The Morgan fingerprint density at radius 2 is 1.92 bits per heavy atom. The first kappa shape index (κ1) is 35.2. The molecule has 1 fully saturated rings. The molecule has 262 valence electrons. The number of carbonyl (C=O) groups is 1. The second-order valence-electron chi connectivity index (χ2n) is 14.1. The summed E-state index contributed by atoms with van der Waals surface area (Å²) in [6, 6.07) is 11.5. The summed E-state index contributed by atoms with van der Waals surface area (Å²) in [7, 11) is -0.803. The number of hydrogen-bond acceptors (Lipinski definition) is 8. The molecule has 48 heavy (non-hydrogen) atoms. The van der Waals surface area contributed by atoms with Gasteiger partial charge in [-0.25, -0.2) is 13.1 Å². The van der Waals surface area contributed by atoms with Crippen molar-refractivity contribution in [3.05, 3.63) is 70.3 Å². The summed E-state index contributed by atoms with van der Waals surface area (Å²) >= 11 is 6.45.